The molecule has 4 nitrogen and oxygen atoms in total. The number of hydrogen-bond donors (Lipinski definition) is 2. The normalized spacial score (nSPS) is 30.8. The molecular weight excluding hydrogens is 226 g/mol. The summed E-state index contributed by atoms with van der Waals surface area (Å²) in [6.45, 7) is 3.02. The van der Waals surface area contributed by atoms with Crippen molar-refractivity contribution in [2.24, 2.45) is 0 Å². The Kier molecular flexibility index (Phi) is 5.45. The molecule has 2 N–H and O–H groups in total. The van der Waals surface area contributed by atoms with Gasteiger partial charge in [-0.25, -0.2) is 0 Å². The first kappa shape index (κ1) is 13.8. The van der Waals surface area contributed by atoms with Crippen molar-refractivity contribution in [1.82, 2.24) is 15.5 Å². The molecule has 0 bridgehead atoms. The number of carbonyl (C=O) groups is 1. The van der Waals surface area contributed by atoms with E-state index in [1.165, 1.54) is 32.1 Å². The molecule has 2 rings (SSSR count). The number of piperidine rings is 1. The molecule has 1 amide bonds. The Morgan fingerprint density at radius 2 is 2.11 bits per heavy atom. The van der Waals surface area contributed by atoms with Gasteiger partial charge in [-0.1, -0.05) is 6.42 Å². The lowest BCUT2D eigenvalue weighted by atomic mass is 9.95. The van der Waals surface area contributed by atoms with Crippen LogP contribution < -0.4 is 10.6 Å². The van der Waals surface area contributed by atoms with E-state index >= 15 is 0 Å². The molecule has 104 valence electrons. The van der Waals surface area contributed by atoms with E-state index < -0.39 is 0 Å². The third-order valence-electron chi connectivity index (χ3n) is 4.31. The van der Waals surface area contributed by atoms with E-state index in [4.69, 9.17) is 0 Å². The number of hydrogen-bond acceptors (Lipinski definition) is 3. The monoisotopic (exact) mass is 253 g/mol. The summed E-state index contributed by atoms with van der Waals surface area (Å²) in [5, 5.41) is 6.31. The van der Waals surface area contributed by atoms with Gasteiger partial charge < -0.3 is 10.6 Å². The van der Waals surface area contributed by atoms with Gasteiger partial charge >= 0.3 is 0 Å². The fourth-order valence-corrected chi connectivity index (χ4v) is 3.29. The predicted molar refractivity (Wildman–Crippen MR) is 73.5 cm³/mol. The van der Waals surface area contributed by atoms with Crippen molar-refractivity contribution in [3.63, 3.8) is 0 Å². The molecule has 2 atom stereocenters. The molecule has 0 saturated carbocycles. The molecule has 0 aromatic heterocycles. The van der Waals surface area contributed by atoms with Crippen molar-refractivity contribution in [3.8, 4) is 0 Å². The summed E-state index contributed by atoms with van der Waals surface area (Å²) in [7, 11) is 2.01. The maximum Gasteiger partial charge on any atom is 0.237 e. The predicted octanol–water partition coefficient (Wildman–Crippen LogP) is 1.12. The first-order valence-corrected chi connectivity index (χ1v) is 7.51. The van der Waals surface area contributed by atoms with Crippen molar-refractivity contribution in [1.29, 1.82) is 0 Å². The summed E-state index contributed by atoms with van der Waals surface area (Å²) >= 11 is 0. The van der Waals surface area contributed by atoms with E-state index in [1.54, 1.807) is 0 Å². The summed E-state index contributed by atoms with van der Waals surface area (Å²) in [5.74, 6) is 0.267. The maximum atomic E-state index is 12.2. The molecule has 0 radical (unpaired) electrons. The zero-order valence-corrected chi connectivity index (χ0v) is 11.6. The Morgan fingerprint density at radius 3 is 2.94 bits per heavy atom. The molecule has 2 heterocycles. The number of carbonyl (C=O) groups excluding carboxylic acids is 1. The summed E-state index contributed by atoms with van der Waals surface area (Å²) in [6, 6.07) is 0.731. The van der Waals surface area contributed by atoms with E-state index in [0.717, 1.165) is 32.5 Å². The molecule has 0 aromatic carbocycles. The zero-order chi connectivity index (χ0) is 12.8. The lowest BCUT2D eigenvalue weighted by Gasteiger charge is -2.40. The average Bonchev–Trinajstić information content (AvgIpc) is 2.61. The Labute approximate surface area is 110 Å². The number of rotatable bonds is 4. The minimum atomic E-state index is 0.134. The molecule has 2 fully saturated rings. The Balaban J connectivity index is 1.99. The highest BCUT2D eigenvalue weighted by molar-refractivity contribution is 5.82. The SMILES string of the molecule is CNCCC1CCCCN1C1CCCCNC1=O. The topological polar surface area (TPSA) is 44.4 Å². The van der Waals surface area contributed by atoms with E-state index in [-0.39, 0.29) is 11.9 Å². The average molecular weight is 253 g/mol. The zero-order valence-electron chi connectivity index (χ0n) is 11.6. The van der Waals surface area contributed by atoms with Crippen LogP contribution in [0.5, 0.6) is 0 Å². The van der Waals surface area contributed by atoms with Gasteiger partial charge in [0, 0.05) is 12.6 Å². The highest BCUT2D eigenvalue weighted by atomic mass is 16.2. The lowest BCUT2D eigenvalue weighted by molar-refractivity contribution is -0.127. The van der Waals surface area contributed by atoms with Crippen LogP contribution in [0.1, 0.15) is 44.9 Å². The first-order valence-electron chi connectivity index (χ1n) is 7.51. The van der Waals surface area contributed by atoms with Crippen LogP contribution in [0.2, 0.25) is 0 Å². The van der Waals surface area contributed by atoms with Gasteiger partial charge in [0.25, 0.3) is 0 Å². The summed E-state index contributed by atoms with van der Waals surface area (Å²) in [4.78, 5) is 14.7. The number of likely N-dealkylation sites (tertiary alicyclic amines) is 1. The molecule has 0 aromatic rings. The number of amides is 1. The van der Waals surface area contributed by atoms with Crippen LogP contribution in [0.15, 0.2) is 0 Å². The third-order valence-corrected chi connectivity index (χ3v) is 4.31. The minimum absolute atomic E-state index is 0.134. The largest absolute Gasteiger partial charge is 0.355 e. The molecule has 4 heteroatoms. The Morgan fingerprint density at radius 1 is 1.28 bits per heavy atom. The number of nitrogens with zero attached hydrogens (tertiary/aromatic N) is 1. The summed E-state index contributed by atoms with van der Waals surface area (Å²) in [5.41, 5.74) is 0. The summed E-state index contributed by atoms with van der Waals surface area (Å²) in [6.07, 6.45) is 8.35. The third kappa shape index (κ3) is 3.45. The van der Waals surface area contributed by atoms with E-state index in [2.05, 4.69) is 15.5 Å². The van der Waals surface area contributed by atoms with Crippen molar-refractivity contribution >= 4 is 5.91 Å². The minimum Gasteiger partial charge on any atom is -0.355 e. The van der Waals surface area contributed by atoms with Crippen LogP contribution >= 0.6 is 0 Å². The van der Waals surface area contributed by atoms with E-state index in [9.17, 15) is 4.79 Å². The molecule has 0 spiro atoms. The van der Waals surface area contributed by atoms with Crippen molar-refractivity contribution in [2.75, 3.05) is 26.7 Å². The van der Waals surface area contributed by atoms with Crippen molar-refractivity contribution < 1.29 is 4.79 Å². The van der Waals surface area contributed by atoms with Gasteiger partial charge in [0.15, 0.2) is 0 Å². The van der Waals surface area contributed by atoms with Crippen molar-refractivity contribution in [2.45, 2.75) is 57.0 Å². The van der Waals surface area contributed by atoms with Crippen LogP contribution in [0.3, 0.4) is 0 Å². The standard InChI is InChI=1S/C14H27N3O/c1-15-10-8-12-6-3-5-11-17(12)13-7-2-4-9-16-14(13)18/h12-13,15H,2-11H2,1H3,(H,16,18). The molecule has 2 aliphatic heterocycles. The number of nitrogens with one attached hydrogen (secondary N) is 2. The lowest BCUT2D eigenvalue weighted by Crippen LogP contribution is -2.52. The van der Waals surface area contributed by atoms with Crippen molar-refractivity contribution in [3.05, 3.63) is 0 Å². The highest BCUT2D eigenvalue weighted by Gasteiger charge is 2.33. The maximum absolute atomic E-state index is 12.2. The molecule has 18 heavy (non-hydrogen) atoms. The van der Waals surface area contributed by atoms with Gasteiger partial charge in [0.05, 0.1) is 6.04 Å². The van der Waals surface area contributed by atoms with E-state index in [0.29, 0.717) is 6.04 Å². The quantitative estimate of drug-likeness (QED) is 0.789. The van der Waals surface area contributed by atoms with Gasteiger partial charge in [-0.3, -0.25) is 9.69 Å². The van der Waals surface area contributed by atoms with Crippen LogP contribution in [0.25, 0.3) is 0 Å². The molecule has 2 aliphatic rings. The summed E-state index contributed by atoms with van der Waals surface area (Å²) < 4.78 is 0. The Hall–Kier alpha value is -0.610. The smallest absolute Gasteiger partial charge is 0.237 e. The highest BCUT2D eigenvalue weighted by Crippen LogP contribution is 2.25. The molecular formula is C14H27N3O. The van der Waals surface area contributed by atoms with Gasteiger partial charge in [-0.2, -0.15) is 0 Å². The second kappa shape index (κ2) is 7.10. The van der Waals surface area contributed by atoms with Gasteiger partial charge in [-0.05, 0) is 58.7 Å². The van der Waals surface area contributed by atoms with Gasteiger partial charge in [0.2, 0.25) is 5.91 Å². The van der Waals surface area contributed by atoms with Gasteiger partial charge in [0.1, 0.15) is 0 Å². The fourth-order valence-electron chi connectivity index (χ4n) is 3.29. The molecule has 2 saturated heterocycles. The second-order valence-electron chi connectivity index (χ2n) is 5.58. The van der Waals surface area contributed by atoms with Crippen LogP contribution in [0.4, 0.5) is 0 Å². The fraction of sp³-hybridized carbons (Fsp3) is 0.929. The van der Waals surface area contributed by atoms with Crippen LogP contribution in [0, 0.1) is 0 Å². The van der Waals surface area contributed by atoms with Gasteiger partial charge in [-0.15, -0.1) is 0 Å². The Bertz CT molecular complexity index is 270. The molecule has 0 aliphatic carbocycles. The van der Waals surface area contributed by atoms with E-state index in [1.807, 2.05) is 7.05 Å². The molecule has 2 unspecified atom stereocenters. The van der Waals surface area contributed by atoms with Crippen LogP contribution in [-0.4, -0.2) is 49.6 Å². The first-order chi connectivity index (χ1) is 8.83. The van der Waals surface area contributed by atoms with Crippen LogP contribution in [-0.2, 0) is 4.79 Å². The second-order valence-corrected chi connectivity index (χ2v) is 5.58.